The van der Waals surface area contributed by atoms with Crippen LogP contribution in [0.25, 0.3) is 0 Å². The van der Waals surface area contributed by atoms with Gasteiger partial charge in [0.15, 0.2) is 0 Å². The number of hydrogen-bond acceptors (Lipinski definition) is 2. The van der Waals surface area contributed by atoms with Crippen molar-refractivity contribution in [2.75, 3.05) is 6.61 Å². The first-order chi connectivity index (χ1) is 4.68. The van der Waals surface area contributed by atoms with E-state index in [1.54, 1.807) is 0 Å². The Morgan fingerprint density at radius 3 is 2.80 bits per heavy atom. The smallest absolute Gasteiger partial charge is 0.331 e. The zero-order valence-electron chi connectivity index (χ0n) is 5.83. The van der Waals surface area contributed by atoms with E-state index in [0.29, 0.717) is 0 Å². The van der Waals surface area contributed by atoms with E-state index in [4.69, 9.17) is 5.11 Å². The Hall–Kier alpha value is -1.25. The molecule has 0 aliphatic rings. The first-order valence-electron chi connectivity index (χ1n) is 2.81. The van der Waals surface area contributed by atoms with E-state index < -0.39 is 5.97 Å². The first kappa shape index (κ1) is 8.75. The van der Waals surface area contributed by atoms with Gasteiger partial charge in [0.1, 0.15) is 6.61 Å². The summed E-state index contributed by atoms with van der Waals surface area (Å²) in [6, 6.07) is 0. The van der Waals surface area contributed by atoms with Gasteiger partial charge in [0.2, 0.25) is 0 Å². The summed E-state index contributed by atoms with van der Waals surface area (Å²) in [5.74, 6) is -0.923. The monoisotopic (exact) mass is 142 g/mol. The lowest BCUT2D eigenvalue weighted by Crippen LogP contribution is -1.97. The number of carboxylic acid groups (broad SMARTS) is 1. The van der Waals surface area contributed by atoms with Gasteiger partial charge in [-0.1, -0.05) is 6.58 Å². The van der Waals surface area contributed by atoms with Gasteiger partial charge in [0, 0.05) is 5.57 Å². The molecular formula is C7H10O3. The maximum atomic E-state index is 10.1. The fourth-order valence-corrected chi connectivity index (χ4v) is 0.328. The Morgan fingerprint density at radius 1 is 1.80 bits per heavy atom. The maximum absolute atomic E-state index is 10.1. The molecule has 0 unspecified atom stereocenters. The third kappa shape index (κ3) is 3.72. The molecule has 0 aliphatic carbocycles. The van der Waals surface area contributed by atoms with Gasteiger partial charge in [-0.25, -0.2) is 4.79 Å². The van der Waals surface area contributed by atoms with Crippen LogP contribution in [0.15, 0.2) is 24.5 Å². The molecule has 0 rings (SSSR count). The fourth-order valence-electron chi connectivity index (χ4n) is 0.328. The van der Waals surface area contributed by atoms with Gasteiger partial charge >= 0.3 is 5.97 Å². The van der Waals surface area contributed by atoms with Crippen LogP contribution in [0.1, 0.15) is 6.92 Å². The van der Waals surface area contributed by atoms with Crippen LogP contribution in [0.2, 0.25) is 0 Å². The summed E-state index contributed by atoms with van der Waals surface area (Å²) >= 11 is 0. The molecule has 0 saturated carbocycles. The van der Waals surface area contributed by atoms with Crippen molar-refractivity contribution in [1.29, 1.82) is 0 Å². The average molecular weight is 142 g/mol. The normalized spacial score (nSPS) is 10.7. The van der Waals surface area contributed by atoms with E-state index in [0.717, 1.165) is 0 Å². The molecule has 0 amide bonds. The van der Waals surface area contributed by atoms with Gasteiger partial charge in [-0.3, -0.25) is 0 Å². The van der Waals surface area contributed by atoms with Crippen LogP contribution in [0.5, 0.6) is 0 Å². The van der Waals surface area contributed by atoms with Gasteiger partial charge < -0.3 is 9.84 Å². The molecule has 0 aromatic heterocycles. The van der Waals surface area contributed by atoms with E-state index in [9.17, 15) is 4.79 Å². The second-order valence-corrected chi connectivity index (χ2v) is 1.69. The lowest BCUT2D eigenvalue weighted by atomic mass is 10.3. The fraction of sp³-hybridized carbons (Fsp3) is 0.286. The molecule has 10 heavy (non-hydrogen) atoms. The molecule has 56 valence electrons. The van der Waals surface area contributed by atoms with E-state index in [-0.39, 0.29) is 12.2 Å². The molecule has 0 saturated heterocycles. The predicted octanol–water partition coefficient (Wildman–Crippen LogP) is 1.18. The molecule has 3 nitrogen and oxygen atoms in total. The average Bonchev–Trinajstić information content (AvgIpc) is 1.88. The highest BCUT2D eigenvalue weighted by Crippen LogP contribution is 1.91. The molecule has 0 aromatic rings. The summed E-state index contributed by atoms with van der Waals surface area (Å²) in [7, 11) is 0. The zero-order valence-corrected chi connectivity index (χ0v) is 5.83. The molecule has 0 aromatic carbocycles. The second kappa shape index (κ2) is 4.61. The van der Waals surface area contributed by atoms with E-state index in [1.807, 2.05) is 0 Å². The third-order valence-corrected chi connectivity index (χ3v) is 0.941. The molecule has 0 heterocycles. The van der Waals surface area contributed by atoms with Crippen LogP contribution in [0.4, 0.5) is 0 Å². The third-order valence-electron chi connectivity index (χ3n) is 0.941. The van der Waals surface area contributed by atoms with E-state index in [2.05, 4.69) is 11.3 Å². The van der Waals surface area contributed by atoms with E-state index >= 15 is 0 Å². The Kier molecular flexibility index (Phi) is 4.04. The van der Waals surface area contributed by atoms with Gasteiger partial charge in [-0.2, -0.15) is 0 Å². The minimum absolute atomic E-state index is 0.266. The highest BCUT2D eigenvalue weighted by Gasteiger charge is 1.96. The lowest BCUT2D eigenvalue weighted by Gasteiger charge is -1.93. The van der Waals surface area contributed by atoms with Crippen LogP contribution in [-0.2, 0) is 9.53 Å². The molecule has 3 heteroatoms. The van der Waals surface area contributed by atoms with Crippen molar-refractivity contribution in [1.82, 2.24) is 0 Å². The SMILES string of the molecule is C=COCC=C(C)C(=O)O. The van der Waals surface area contributed by atoms with Crippen molar-refractivity contribution >= 4 is 5.97 Å². The zero-order chi connectivity index (χ0) is 7.98. The molecule has 0 atom stereocenters. The summed E-state index contributed by atoms with van der Waals surface area (Å²) in [5.41, 5.74) is 0.279. The van der Waals surface area contributed by atoms with Crippen molar-refractivity contribution in [3.05, 3.63) is 24.5 Å². The highest BCUT2D eigenvalue weighted by molar-refractivity contribution is 5.85. The van der Waals surface area contributed by atoms with Crippen molar-refractivity contribution < 1.29 is 14.6 Å². The number of aliphatic carboxylic acids is 1. The molecule has 0 spiro atoms. The topological polar surface area (TPSA) is 46.5 Å². The number of carbonyl (C=O) groups is 1. The van der Waals surface area contributed by atoms with Gasteiger partial charge in [-0.05, 0) is 13.0 Å². The summed E-state index contributed by atoms with van der Waals surface area (Å²) < 4.78 is 4.68. The number of carboxylic acids is 1. The van der Waals surface area contributed by atoms with Crippen LogP contribution >= 0.6 is 0 Å². The predicted molar refractivity (Wildman–Crippen MR) is 37.5 cm³/mol. The summed E-state index contributed by atoms with van der Waals surface area (Å²) in [6.45, 7) is 5.08. The Labute approximate surface area is 59.6 Å². The van der Waals surface area contributed by atoms with Crippen LogP contribution in [0, 0.1) is 0 Å². The standard InChI is InChI=1S/C7H10O3/c1-3-10-5-4-6(2)7(8)9/h3-4H,1,5H2,2H3,(H,8,9). The molecule has 0 aliphatic heterocycles. The number of rotatable bonds is 4. The summed E-state index contributed by atoms with van der Waals surface area (Å²) in [4.78, 5) is 10.1. The number of hydrogen-bond donors (Lipinski definition) is 1. The first-order valence-corrected chi connectivity index (χ1v) is 2.81. The molecule has 1 N–H and O–H groups in total. The Morgan fingerprint density at radius 2 is 2.40 bits per heavy atom. The second-order valence-electron chi connectivity index (χ2n) is 1.69. The van der Waals surface area contributed by atoms with Gasteiger partial charge in [0.05, 0.1) is 6.26 Å². The van der Waals surface area contributed by atoms with E-state index in [1.165, 1.54) is 19.3 Å². The highest BCUT2D eigenvalue weighted by atomic mass is 16.5. The minimum atomic E-state index is -0.923. The quantitative estimate of drug-likeness (QED) is 0.364. The van der Waals surface area contributed by atoms with Crippen molar-refractivity contribution in [2.45, 2.75) is 6.92 Å². The van der Waals surface area contributed by atoms with Crippen LogP contribution in [0.3, 0.4) is 0 Å². The van der Waals surface area contributed by atoms with Gasteiger partial charge in [0.25, 0.3) is 0 Å². The molecule has 0 fully saturated rings. The van der Waals surface area contributed by atoms with Crippen molar-refractivity contribution in [2.24, 2.45) is 0 Å². The van der Waals surface area contributed by atoms with Crippen molar-refractivity contribution in [3.8, 4) is 0 Å². The van der Waals surface area contributed by atoms with Gasteiger partial charge in [-0.15, -0.1) is 0 Å². The lowest BCUT2D eigenvalue weighted by molar-refractivity contribution is -0.132. The molecule has 0 radical (unpaired) electrons. The number of ether oxygens (including phenoxy) is 1. The van der Waals surface area contributed by atoms with Crippen LogP contribution < -0.4 is 0 Å². The van der Waals surface area contributed by atoms with Crippen molar-refractivity contribution in [3.63, 3.8) is 0 Å². The summed E-state index contributed by atoms with van der Waals surface area (Å²) in [5, 5.41) is 8.33. The Balaban J connectivity index is 3.68. The molecular weight excluding hydrogens is 132 g/mol. The van der Waals surface area contributed by atoms with Crippen LogP contribution in [-0.4, -0.2) is 17.7 Å². The maximum Gasteiger partial charge on any atom is 0.331 e. The Bertz CT molecular complexity index is 158. The molecule has 0 bridgehead atoms. The largest absolute Gasteiger partial charge is 0.498 e. The minimum Gasteiger partial charge on any atom is -0.498 e. The summed E-state index contributed by atoms with van der Waals surface area (Å²) in [6.07, 6.45) is 2.75.